The Balaban J connectivity index is 1.71. The molecule has 2 aliphatic rings. The Bertz CT molecular complexity index is 1580. The number of nitrogens with zero attached hydrogens (tertiary/aromatic N) is 5. The first-order valence-electron chi connectivity index (χ1n) is 11.2. The van der Waals surface area contributed by atoms with Crippen molar-refractivity contribution in [1.82, 2.24) is 35.5 Å². The maximum atomic E-state index is 13.2. The molecule has 11 nitrogen and oxygen atoms in total. The van der Waals surface area contributed by atoms with Gasteiger partial charge in [-0.25, -0.2) is 10.1 Å². The van der Waals surface area contributed by atoms with Gasteiger partial charge < -0.3 is 14.3 Å². The number of anilines is 1. The number of hydrogen-bond acceptors (Lipinski definition) is 7. The van der Waals surface area contributed by atoms with Crippen LogP contribution >= 0.6 is 27.5 Å². The number of halogens is 2. The Morgan fingerprint density at radius 3 is 2.70 bits per heavy atom. The smallest absolute Gasteiger partial charge is 0.270 e. The second kappa shape index (κ2) is 10.1. The van der Waals surface area contributed by atoms with Crippen LogP contribution in [0.1, 0.15) is 39.2 Å². The van der Waals surface area contributed by atoms with E-state index in [4.69, 9.17) is 16.0 Å². The van der Waals surface area contributed by atoms with Gasteiger partial charge in [0.1, 0.15) is 11.5 Å². The number of amides is 2. The number of H-pyrrole nitrogens is 1. The van der Waals surface area contributed by atoms with Crippen LogP contribution in [0.25, 0.3) is 22.3 Å². The summed E-state index contributed by atoms with van der Waals surface area (Å²) in [5, 5.41) is 18.7. The third kappa shape index (κ3) is 4.38. The van der Waals surface area contributed by atoms with E-state index in [2.05, 4.69) is 52.2 Å². The number of carbonyl (C=O) groups excluding carboxylic acids is 2. The van der Waals surface area contributed by atoms with Crippen LogP contribution in [0, 0.1) is 0 Å². The molecule has 3 aromatic rings. The molecule has 0 saturated carbocycles. The minimum Gasteiger partial charge on any atom is -0.472 e. The van der Waals surface area contributed by atoms with Crippen molar-refractivity contribution in [3.8, 4) is 22.3 Å². The summed E-state index contributed by atoms with van der Waals surface area (Å²) in [4.78, 5) is 30.4. The van der Waals surface area contributed by atoms with Gasteiger partial charge in [-0.05, 0) is 55.2 Å². The molecule has 3 heterocycles. The number of aromatic amines is 1. The number of aryl methyl sites for hydroxylation is 1. The molecule has 0 bridgehead atoms. The van der Waals surface area contributed by atoms with E-state index in [1.54, 1.807) is 36.3 Å². The number of nitrogens with one attached hydrogen (secondary N) is 3. The Labute approximate surface area is 224 Å². The van der Waals surface area contributed by atoms with Gasteiger partial charge in [-0.2, -0.15) is 0 Å². The summed E-state index contributed by atoms with van der Waals surface area (Å²) in [5.74, 6) is 0.0444. The molecular formula is C24H20BrClN8O3. The number of imidazole rings is 1. The van der Waals surface area contributed by atoms with Gasteiger partial charge in [0.05, 0.1) is 19.1 Å². The van der Waals surface area contributed by atoms with Crippen molar-refractivity contribution in [2.45, 2.75) is 19.9 Å². The van der Waals surface area contributed by atoms with E-state index in [0.29, 0.717) is 23.4 Å². The van der Waals surface area contributed by atoms with Gasteiger partial charge in [0.25, 0.3) is 11.8 Å². The summed E-state index contributed by atoms with van der Waals surface area (Å²) >= 11 is 10.1. The number of fused-ring (bicyclic) bond motifs is 1. The number of aromatic nitrogens is 6. The molecule has 0 unspecified atom stereocenters. The molecule has 0 radical (unpaired) electrons. The molecule has 1 aliphatic carbocycles. The quantitative estimate of drug-likeness (QED) is 0.258. The van der Waals surface area contributed by atoms with Crippen molar-refractivity contribution >= 4 is 45.3 Å². The van der Waals surface area contributed by atoms with Crippen LogP contribution < -0.4 is 10.6 Å². The molecule has 2 amide bonds. The number of hydrogen-bond donors (Lipinski definition) is 3. The van der Waals surface area contributed by atoms with Crippen LogP contribution in [-0.4, -0.2) is 49.0 Å². The maximum Gasteiger partial charge on any atom is 0.270 e. The van der Waals surface area contributed by atoms with Crippen LogP contribution in [0.15, 0.2) is 51.7 Å². The fourth-order valence-corrected chi connectivity index (χ4v) is 5.38. The molecule has 37 heavy (non-hydrogen) atoms. The highest BCUT2D eigenvalue weighted by atomic mass is 79.9. The molecule has 0 saturated heterocycles. The summed E-state index contributed by atoms with van der Waals surface area (Å²) in [7, 11) is 1.54. The van der Waals surface area contributed by atoms with Gasteiger partial charge in [0, 0.05) is 34.6 Å². The first-order chi connectivity index (χ1) is 17.9. The SMILES string of the molecule is CCc1nc(Cl)c(C(=O)NC)n1Cc1c2ccocc-2c(Br)c1-c1ccccc1C(=O)Nc1nnn[nH]1. The standard InChI is InChI=1S/C24H20BrClN8O3/c1-3-17-28-21(26)20(23(36)27-2)34(17)10-15-12-8-9-37-11-16(12)19(25)18(15)13-6-4-5-7-14(13)22(35)29-24-30-32-33-31-24/h4-9,11H,3,10H2,1-2H3,(H,27,36)(H2,29,30,31,32,33,35). The molecule has 13 heteroatoms. The van der Waals surface area contributed by atoms with E-state index in [0.717, 1.165) is 26.7 Å². The van der Waals surface area contributed by atoms with Crippen LogP contribution in [0.3, 0.4) is 0 Å². The Hall–Kier alpha value is -4.03. The lowest BCUT2D eigenvalue weighted by Gasteiger charge is -2.15. The Kier molecular flexibility index (Phi) is 6.76. The molecule has 5 rings (SSSR count). The van der Waals surface area contributed by atoms with Crippen molar-refractivity contribution in [2.75, 3.05) is 12.4 Å². The van der Waals surface area contributed by atoms with E-state index < -0.39 is 5.91 Å². The van der Waals surface area contributed by atoms with E-state index in [-0.39, 0.29) is 29.2 Å². The third-order valence-corrected chi connectivity index (χ3v) is 7.06. The normalized spacial score (nSPS) is 11.1. The Morgan fingerprint density at radius 2 is 1.97 bits per heavy atom. The van der Waals surface area contributed by atoms with Gasteiger partial charge in [0.2, 0.25) is 5.95 Å². The van der Waals surface area contributed by atoms with Crippen LogP contribution in [0.4, 0.5) is 5.95 Å². The molecule has 3 N–H and O–H groups in total. The predicted molar refractivity (Wildman–Crippen MR) is 140 cm³/mol. The average molecular weight is 584 g/mol. The van der Waals surface area contributed by atoms with Crippen LogP contribution in [-0.2, 0) is 13.0 Å². The minimum absolute atomic E-state index is 0.126. The fraction of sp³-hybridized carbons (Fsp3) is 0.167. The van der Waals surface area contributed by atoms with E-state index in [9.17, 15) is 9.59 Å². The lowest BCUT2D eigenvalue weighted by molar-refractivity contribution is 0.0953. The monoisotopic (exact) mass is 582 g/mol. The summed E-state index contributed by atoms with van der Waals surface area (Å²) in [5.41, 5.74) is 4.66. The van der Waals surface area contributed by atoms with Gasteiger partial charge in [-0.1, -0.05) is 41.8 Å². The van der Waals surface area contributed by atoms with Crippen molar-refractivity contribution in [3.63, 3.8) is 0 Å². The number of benzene rings is 1. The molecule has 0 atom stereocenters. The van der Waals surface area contributed by atoms with Crippen molar-refractivity contribution in [1.29, 1.82) is 0 Å². The molecule has 1 aliphatic heterocycles. The molecule has 1 aromatic carbocycles. The lowest BCUT2D eigenvalue weighted by atomic mass is 9.97. The topological polar surface area (TPSA) is 144 Å². The van der Waals surface area contributed by atoms with E-state index in [1.807, 2.05) is 25.1 Å². The molecule has 2 aromatic heterocycles. The highest BCUT2D eigenvalue weighted by Gasteiger charge is 2.29. The lowest BCUT2D eigenvalue weighted by Crippen LogP contribution is -2.23. The minimum atomic E-state index is -0.395. The summed E-state index contributed by atoms with van der Waals surface area (Å²) in [6.45, 7) is 2.22. The third-order valence-electron chi connectivity index (χ3n) is 5.97. The van der Waals surface area contributed by atoms with E-state index >= 15 is 0 Å². The van der Waals surface area contributed by atoms with Gasteiger partial charge in [-0.3, -0.25) is 14.9 Å². The molecule has 188 valence electrons. The highest BCUT2D eigenvalue weighted by molar-refractivity contribution is 9.10. The first-order valence-corrected chi connectivity index (χ1v) is 12.4. The predicted octanol–water partition coefficient (Wildman–Crippen LogP) is 4.40. The van der Waals surface area contributed by atoms with Crippen LogP contribution in [0.2, 0.25) is 5.15 Å². The van der Waals surface area contributed by atoms with Crippen molar-refractivity contribution < 1.29 is 14.0 Å². The van der Waals surface area contributed by atoms with Crippen molar-refractivity contribution in [3.05, 3.63) is 75.1 Å². The molecular weight excluding hydrogens is 564 g/mol. The zero-order chi connectivity index (χ0) is 26.1. The Morgan fingerprint density at radius 1 is 1.16 bits per heavy atom. The first kappa shape index (κ1) is 24.7. The van der Waals surface area contributed by atoms with Crippen LogP contribution in [0.5, 0.6) is 0 Å². The van der Waals surface area contributed by atoms with E-state index in [1.165, 1.54) is 0 Å². The summed E-state index contributed by atoms with van der Waals surface area (Å²) < 4.78 is 8.01. The van der Waals surface area contributed by atoms with Gasteiger partial charge >= 0.3 is 0 Å². The largest absolute Gasteiger partial charge is 0.472 e. The average Bonchev–Trinajstić information content (AvgIpc) is 3.61. The molecule has 0 spiro atoms. The van der Waals surface area contributed by atoms with Crippen molar-refractivity contribution in [2.24, 2.45) is 0 Å². The second-order valence-electron chi connectivity index (χ2n) is 7.99. The summed E-state index contributed by atoms with van der Waals surface area (Å²) in [6, 6.07) is 9.05. The van der Waals surface area contributed by atoms with Gasteiger partial charge in [-0.15, -0.1) is 0 Å². The summed E-state index contributed by atoms with van der Waals surface area (Å²) in [6.07, 6.45) is 3.78. The number of tetrazole rings is 1. The zero-order valence-corrected chi connectivity index (χ0v) is 22.0. The number of carbonyl (C=O) groups is 2. The van der Waals surface area contributed by atoms with Gasteiger partial charge in [0.15, 0.2) is 5.15 Å². The molecule has 0 fully saturated rings. The fourth-order valence-electron chi connectivity index (χ4n) is 4.33. The number of rotatable bonds is 7. The maximum absolute atomic E-state index is 13.2. The second-order valence-corrected chi connectivity index (χ2v) is 9.14. The zero-order valence-electron chi connectivity index (χ0n) is 19.7. The highest BCUT2D eigenvalue weighted by Crippen LogP contribution is 2.47.